The Balaban J connectivity index is 1.77. The lowest BCUT2D eigenvalue weighted by atomic mass is 10.2. The molecular formula is C18H14F2N4O2. The second-order valence-corrected chi connectivity index (χ2v) is 5.33. The van der Waals surface area contributed by atoms with E-state index in [9.17, 15) is 18.4 Å². The number of benzene rings is 2. The summed E-state index contributed by atoms with van der Waals surface area (Å²) >= 11 is 0. The van der Waals surface area contributed by atoms with E-state index in [0.717, 1.165) is 6.20 Å². The lowest BCUT2D eigenvalue weighted by molar-refractivity contribution is 0.252. The molecule has 26 heavy (non-hydrogen) atoms. The van der Waals surface area contributed by atoms with Gasteiger partial charge in [0.15, 0.2) is 11.6 Å². The molecular weight excluding hydrogens is 342 g/mol. The molecule has 132 valence electrons. The third kappa shape index (κ3) is 3.92. The fourth-order valence-electron chi connectivity index (χ4n) is 2.23. The van der Waals surface area contributed by atoms with E-state index in [0.29, 0.717) is 15.8 Å². The van der Waals surface area contributed by atoms with Gasteiger partial charge in [-0.1, -0.05) is 36.4 Å². The Morgan fingerprint density at radius 2 is 1.69 bits per heavy atom. The Morgan fingerprint density at radius 3 is 2.42 bits per heavy atom. The Labute approximate surface area is 147 Å². The third-order valence-electron chi connectivity index (χ3n) is 3.53. The lowest BCUT2D eigenvalue weighted by Gasteiger charge is -2.10. The SMILES string of the molecule is O=C(Nc1ccccc1)n1cc(F)c(NCc2ccccc2F)nc1=O. The average Bonchev–Trinajstić information content (AvgIpc) is 2.64. The first-order chi connectivity index (χ1) is 12.5. The molecule has 1 aromatic heterocycles. The van der Waals surface area contributed by atoms with E-state index in [1.165, 1.54) is 18.2 Å². The maximum atomic E-state index is 14.2. The van der Waals surface area contributed by atoms with E-state index in [1.54, 1.807) is 36.4 Å². The van der Waals surface area contributed by atoms with Crippen molar-refractivity contribution >= 4 is 17.5 Å². The van der Waals surface area contributed by atoms with Crippen LogP contribution in [-0.4, -0.2) is 15.6 Å². The maximum absolute atomic E-state index is 14.2. The molecule has 1 heterocycles. The summed E-state index contributed by atoms with van der Waals surface area (Å²) in [5.41, 5.74) is -0.220. The molecule has 0 aliphatic carbocycles. The van der Waals surface area contributed by atoms with Crippen LogP contribution in [0.25, 0.3) is 0 Å². The molecule has 0 saturated carbocycles. The van der Waals surface area contributed by atoms with Crippen molar-refractivity contribution < 1.29 is 13.6 Å². The van der Waals surface area contributed by atoms with Gasteiger partial charge in [0.05, 0.1) is 6.20 Å². The molecule has 0 atom stereocenters. The van der Waals surface area contributed by atoms with Gasteiger partial charge in [-0.3, -0.25) is 0 Å². The zero-order valence-electron chi connectivity index (χ0n) is 13.4. The summed E-state index contributed by atoms with van der Waals surface area (Å²) in [4.78, 5) is 27.6. The minimum atomic E-state index is -0.962. The molecule has 1 amide bonds. The molecule has 3 aromatic rings. The van der Waals surface area contributed by atoms with E-state index in [1.807, 2.05) is 0 Å². The van der Waals surface area contributed by atoms with Crippen molar-refractivity contribution in [3.05, 3.63) is 88.5 Å². The quantitative estimate of drug-likeness (QED) is 0.753. The Bertz CT molecular complexity index is 990. The van der Waals surface area contributed by atoms with Crippen LogP contribution in [0.5, 0.6) is 0 Å². The number of amides is 1. The minimum absolute atomic E-state index is 0.0593. The van der Waals surface area contributed by atoms with Crippen molar-refractivity contribution in [1.82, 2.24) is 9.55 Å². The second-order valence-electron chi connectivity index (χ2n) is 5.33. The molecule has 0 radical (unpaired) electrons. The van der Waals surface area contributed by atoms with Gasteiger partial charge < -0.3 is 10.6 Å². The number of para-hydroxylation sites is 1. The Hall–Kier alpha value is -3.55. The van der Waals surface area contributed by atoms with Crippen molar-refractivity contribution in [3.8, 4) is 0 Å². The third-order valence-corrected chi connectivity index (χ3v) is 3.53. The Kier molecular flexibility index (Phi) is 5.02. The zero-order chi connectivity index (χ0) is 18.5. The molecule has 3 rings (SSSR count). The van der Waals surface area contributed by atoms with Crippen LogP contribution in [-0.2, 0) is 6.54 Å². The summed E-state index contributed by atoms with van der Waals surface area (Å²) in [6, 6.07) is 13.5. The zero-order valence-corrected chi connectivity index (χ0v) is 13.4. The molecule has 2 N–H and O–H groups in total. The van der Waals surface area contributed by atoms with Crippen LogP contribution in [0.4, 0.5) is 25.1 Å². The van der Waals surface area contributed by atoms with Gasteiger partial charge >= 0.3 is 11.7 Å². The van der Waals surface area contributed by atoms with Gasteiger partial charge in [-0.25, -0.2) is 22.9 Å². The van der Waals surface area contributed by atoms with Gasteiger partial charge in [0.2, 0.25) is 0 Å². The number of aromatic nitrogens is 2. The number of nitrogens with zero attached hydrogens (tertiary/aromatic N) is 2. The standard InChI is InChI=1S/C18H14F2N4O2/c19-14-9-5-4-6-12(14)10-21-16-15(20)11-24(18(26)23-16)17(25)22-13-7-2-1-3-8-13/h1-9,11H,10H2,(H,22,25)(H,21,23,26). The average molecular weight is 356 g/mol. The van der Waals surface area contributed by atoms with Crippen LogP contribution >= 0.6 is 0 Å². The predicted octanol–water partition coefficient (Wildman–Crippen LogP) is 3.21. The second kappa shape index (κ2) is 7.56. The van der Waals surface area contributed by atoms with Gasteiger partial charge in [-0.2, -0.15) is 4.98 Å². The summed E-state index contributed by atoms with van der Waals surface area (Å²) < 4.78 is 28.3. The van der Waals surface area contributed by atoms with Gasteiger partial charge in [-0.05, 0) is 18.2 Å². The predicted molar refractivity (Wildman–Crippen MR) is 93.0 cm³/mol. The molecule has 0 aliphatic heterocycles. The van der Waals surface area contributed by atoms with E-state index in [-0.39, 0.29) is 12.4 Å². The first kappa shape index (κ1) is 17.3. The molecule has 0 fully saturated rings. The maximum Gasteiger partial charge on any atom is 0.357 e. The molecule has 0 bridgehead atoms. The van der Waals surface area contributed by atoms with Crippen LogP contribution in [0.3, 0.4) is 0 Å². The largest absolute Gasteiger partial charge is 0.363 e. The topological polar surface area (TPSA) is 76.0 Å². The molecule has 0 saturated heterocycles. The van der Waals surface area contributed by atoms with Gasteiger partial charge in [-0.15, -0.1) is 0 Å². The van der Waals surface area contributed by atoms with Gasteiger partial charge in [0.1, 0.15) is 5.82 Å². The lowest BCUT2D eigenvalue weighted by Crippen LogP contribution is -2.33. The number of halogens is 2. The van der Waals surface area contributed by atoms with Crippen molar-refractivity contribution in [2.24, 2.45) is 0 Å². The van der Waals surface area contributed by atoms with E-state index < -0.39 is 23.4 Å². The van der Waals surface area contributed by atoms with Crippen LogP contribution in [0.2, 0.25) is 0 Å². The highest BCUT2D eigenvalue weighted by Crippen LogP contribution is 2.12. The molecule has 2 aromatic carbocycles. The van der Waals surface area contributed by atoms with Crippen molar-refractivity contribution in [2.45, 2.75) is 6.54 Å². The first-order valence-electron chi connectivity index (χ1n) is 7.67. The number of hydrogen-bond acceptors (Lipinski definition) is 4. The smallest absolute Gasteiger partial charge is 0.357 e. The first-order valence-corrected chi connectivity index (χ1v) is 7.67. The Morgan fingerprint density at radius 1 is 1.00 bits per heavy atom. The minimum Gasteiger partial charge on any atom is -0.363 e. The van der Waals surface area contributed by atoms with Crippen LogP contribution in [0, 0.1) is 11.6 Å². The van der Waals surface area contributed by atoms with Crippen molar-refractivity contribution in [1.29, 1.82) is 0 Å². The number of carbonyl (C=O) groups excluding carboxylic acids is 1. The number of carbonyl (C=O) groups is 1. The van der Waals surface area contributed by atoms with Crippen molar-refractivity contribution in [2.75, 3.05) is 10.6 Å². The van der Waals surface area contributed by atoms with Crippen LogP contribution in [0.1, 0.15) is 5.56 Å². The van der Waals surface area contributed by atoms with Crippen molar-refractivity contribution in [3.63, 3.8) is 0 Å². The van der Waals surface area contributed by atoms with E-state index >= 15 is 0 Å². The summed E-state index contributed by atoms with van der Waals surface area (Å²) in [5.74, 6) is -1.73. The highest BCUT2D eigenvalue weighted by atomic mass is 19.1. The highest BCUT2D eigenvalue weighted by molar-refractivity contribution is 5.90. The molecule has 0 unspecified atom stereocenters. The van der Waals surface area contributed by atoms with E-state index in [2.05, 4.69) is 15.6 Å². The number of nitrogens with one attached hydrogen (secondary N) is 2. The van der Waals surface area contributed by atoms with E-state index in [4.69, 9.17) is 0 Å². The van der Waals surface area contributed by atoms with Gasteiger partial charge in [0.25, 0.3) is 0 Å². The monoisotopic (exact) mass is 356 g/mol. The normalized spacial score (nSPS) is 10.4. The fourth-order valence-corrected chi connectivity index (χ4v) is 2.23. The summed E-state index contributed by atoms with van der Waals surface area (Å²) in [7, 11) is 0. The molecule has 0 aliphatic rings. The fraction of sp³-hybridized carbons (Fsp3) is 0.0556. The van der Waals surface area contributed by atoms with Crippen LogP contribution in [0.15, 0.2) is 65.6 Å². The number of anilines is 2. The van der Waals surface area contributed by atoms with Gasteiger partial charge in [0, 0.05) is 17.8 Å². The molecule has 6 nitrogen and oxygen atoms in total. The summed E-state index contributed by atoms with van der Waals surface area (Å²) in [6.45, 7) is -0.0593. The molecule has 8 heteroatoms. The summed E-state index contributed by atoms with van der Waals surface area (Å²) in [5, 5.41) is 5.01. The number of rotatable bonds is 4. The molecule has 0 spiro atoms. The van der Waals surface area contributed by atoms with Crippen LogP contribution < -0.4 is 16.3 Å². The number of hydrogen-bond donors (Lipinski definition) is 2. The summed E-state index contributed by atoms with van der Waals surface area (Å²) in [6.07, 6.45) is 0.733. The highest BCUT2D eigenvalue weighted by Gasteiger charge is 2.14.